The van der Waals surface area contributed by atoms with Crippen LogP contribution in [0.3, 0.4) is 0 Å². The Morgan fingerprint density at radius 1 is 1.40 bits per heavy atom. The van der Waals surface area contributed by atoms with Crippen LogP contribution >= 0.6 is 11.6 Å². The molecule has 0 spiro atoms. The first kappa shape index (κ1) is 12.5. The highest BCUT2D eigenvalue weighted by atomic mass is 35.5. The molecule has 0 fully saturated rings. The number of aromatic nitrogens is 1. The summed E-state index contributed by atoms with van der Waals surface area (Å²) in [6.45, 7) is 8.71. The molecule has 1 aromatic heterocycles. The van der Waals surface area contributed by atoms with Gasteiger partial charge in [-0.15, -0.1) is 0 Å². The van der Waals surface area contributed by atoms with Crippen molar-refractivity contribution >= 4 is 11.6 Å². The maximum absolute atomic E-state index is 5.88. The van der Waals surface area contributed by atoms with E-state index < -0.39 is 0 Å². The van der Waals surface area contributed by atoms with Gasteiger partial charge in [0.1, 0.15) is 0 Å². The fourth-order valence-corrected chi connectivity index (χ4v) is 1.64. The second-order valence-corrected chi connectivity index (χ2v) is 3.84. The van der Waals surface area contributed by atoms with Crippen LogP contribution in [0.4, 0.5) is 0 Å². The fourth-order valence-electron chi connectivity index (χ4n) is 1.46. The molecule has 0 bridgehead atoms. The SMILES string of the molecule is CCN([CH]CCc1cc(Cl)ccn1)CC. The second-order valence-electron chi connectivity index (χ2n) is 3.41. The molecule has 0 aromatic carbocycles. The smallest absolute Gasteiger partial charge is 0.0439 e. The van der Waals surface area contributed by atoms with Crippen LogP contribution in [-0.2, 0) is 6.42 Å². The summed E-state index contributed by atoms with van der Waals surface area (Å²) in [6, 6.07) is 3.73. The summed E-state index contributed by atoms with van der Waals surface area (Å²) < 4.78 is 0. The molecule has 2 nitrogen and oxygen atoms in total. The maximum atomic E-state index is 5.88. The number of hydrogen-bond donors (Lipinski definition) is 0. The van der Waals surface area contributed by atoms with Gasteiger partial charge in [-0.1, -0.05) is 25.4 Å². The summed E-state index contributed by atoms with van der Waals surface area (Å²) in [5, 5.41) is 0.767. The van der Waals surface area contributed by atoms with Crippen molar-refractivity contribution in [1.29, 1.82) is 0 Å². The predicted molar refractivity (Wildman–Crippen MR) is 64.8 cm³/mol. The van der Waals surface area contributed by atoms with Gasteiger partial charge in [0.05, 0.1) is 0 Å². The van der Waals surface area contributed by atoms with E-state index in [4.69, 9.17) is 11.6 Å². The first-order chi connectivity index (χ1) is 7.26. The average Bonchev–Trinajstić information content (AvgIpc) is 2.25. The number of pyridine rings is 1. The Balaban J connectivity index is 2.31. The highest BCUT2D eigenvalue weighted by Gasteiger charge is 2.00. The van der Waals surface area contributed by atoms with E-state index >= 15 is 0 Å². The van der Waals surface area contributed by atoms with E-state index in [2.05, 4.69) is 30.3 Å². The van der Waals surface area contributed by atoms with Crippen molar-refractivity contribution in [3.8, 4) is 0 Å². The van der Waals surface area contributed by atoms with Crippen molar-refractivity contribution in [3.63, 3.8) is 0 Å². The lowest BCUT2D eigenvalue weighted by Crippen LogP contribution is -2.19. The highest BCUT2D eigenvalue weighted by molar-refractivity contribution is 6.30. The zero-order valence-electron chi connectivity index (χ0n) is 9.41. The third-order valence-corrected chi connectivity index (χ3v) is 2.61. The molecule has 3 heteroatoms. The number of aryl methyl sites for hydroxylation is 1. The summed E-state index contributed by atoms with van der Waals surface area (Å²) >= 11 is 5.88. The molecule has 1 rings (SSSR count). The van der Waals surface area contributed by atoms with Crippen LogP contribution in [0.15, 0.2) is 18.3 Å². The molecule has 0 saturated carbocycles. The van der Waals surface area contributed by atoms with Crippen molar-refractivity contribution < 1.29 is 0 Å². The van der Waals surface area contributed by atoms with Gasteiger partial charge < -0.3 is 0 Å². The number of hydrogen-bond acceptors (Lipinski definition) is 2. The Kier molecular flexibility index (Phi) is 5.66. The monoisotopic (exact) mass is 225 g/mol. The van der Waals surface area contributed by atoms with Crippen LogP contribution in [0, 0.1) is 6.54 Å². The molecule has 0 aliphatic carbocycles. The van der Waals surface area contributed by atoms with Crippen molar-refractivity contribution in [3.05, 3.63) is 35.6 Å². The van der Waals surface area contributed by atoms with Crippen LogP contribution in [0.25, 0.3) is 0 Å². The first-order valence-corrected chi connectivity index (χ1v) is 5.81. The van der Waals surface area contributed by atoms with Gasteiger partial charge in [0.15, 0.2) is 0 Å². The number of nitrogens with zero attached hydrogens (tertiary/aromatic N) is 2. The summed E-state index contributed by atoms with van der Waals surface area (Å²) in [5.74, 6) is 0. The Morgan fingerprint density at radius 3 is 2.73 bits per heavy atom. The molecular weight excluding hydrogens is 208 g/mol. The lowest BCUT2D eigenvalue weighted by atomic mass is 10.2. The average molecular weight is 226 g/mol. The molecule has 0 atom stereocenters. The minimum atomic E-state index is 0.767. The van der Waals surface area contributed by atoms with Gasteiger partial charge in [-0.05, 0) is 38.1 Å². The highest BCUT2D eigenvalue weighted by Crippen LogP contribution is 2.10. The van der Waals surface area contributed by atoms with Gasteiger partial charge in [-0.25, -0.2) is 0 Å². The summed E-state index contributed by atoms with van der Waals surface area (Å²) in [7, 11) is 0. The number of rotatable bonds is 6. The van der Waals surface area contributed by atoms with Crippen LogP contribution in [0.2, 0.25) is 5.02 Å². The topological polar surface area (TPSA) is 16.1 Å². The quantitative estimate of drug-likeness (QED) is 0.740. The van der Waals surface area contributed by atoms with E-state index in [0.717, 1.165) is 36.6 Å². The van der Waals surface area contributed by atoms with E-state index in [9.17, 15) is 0 Å². The van der Waals surface area contributed by atoms with Gasteiger partial charge in [-0.2, -0.15) is 0 Å². The van der Waals surface area contributed by atoms with E-state index in [1.165, 1.54) is 0 Å². The summed E-state index contributed by atoms with van der Waals surface area (Å²) in [6.07, 6.45) is 3.74. The zero-order chi connectivity index (χ0) is 11.1. The van der Waals surface area contributed by atoms with Crippen molar-refractivity contribution in [2.45, 2.75) is 26.7 Å². The Hall–Kier alpha value is -0.600. The molecule has 0 amide bonds. The number of halogens is 1. The molecule has 1 radical (unpaired) electrons. The van der Waals surface area contributed by atoms with Crippen LogP contribution in [0.5, 0.6) is 0 Å². The van der Waals surface area contributed by atoms with Gasteiger partial charge in [0, 0.05) is 23.5 Å². The normalized spacial score (nSPS) is 10.9. The Bertz CT molecular complexity index is 285. The molecule has 0 N–H and O–H groups in total. The molecule has 1 aromatic rings. The molecule has 83 valence electrons. The van der Waals surface area contributed by atoms with E-state index in [-0.39, 0.29) is 0 Å². The Labute approximate surface area is 97.3 Å². The predicted octanol–water partition coefficient (Wildman–Crippen LogP) is 3.17. The van der Waals surface area contributed by atoms with Gasteiger partial charge in [0.2, 0.25) is 0 Å². The van der Waals surface area contributed by atoms with Crippen molar-refractivity contribution in [2.75, 3.05) is 13.1 Å². The minimum absolute atomic E-state index is 0.767. The van der Waals surface area contributed by atoms with Crippen molar-refractivity contribution in [2.24, 2.45) is 0 Å². The van der Waals surface area contributed by atoms with Crippen LogP contribution in [0.1, 0.15) is 26.0 Å². The largest absolute Gasteiger partial charge is 0.299 e. The third-order valence-electron chi connectivity index (χ3n) is 2.38. The molecule has 0 aliphatic rings. The maximum Gasteiger partial charge on any atom is 0.0439 e. The summed E-state index contributed by atoms with van der Waals surface area (Å²) in [4.78, 5) is 6.56. The van der Waals surface area contributed by atoms with Crippen LogP contribution < -0.4 is 0 Å². The molecule has 0 saturated heterocycles. The second kappa shape index (κ2) is 6.81. The molecular formula is C12H18ClN2. The third kappa shape index (κ3) is 4.63. The lowest BCUT2D eigenvalue weighted by molar-refractivity contribution is 0.358. The van der Waals surface area contributed by atoms with Crippen molar-refractivity contribution in [1.82, 2.24) is 9.88 Å². The minimum Gasteiger partial charge on any atom is -0.299 e. The van der Waals surface area contributed by atoms with E-state index in [0.29, 0.717) is 0 Å². The van der Waals surface area contributed by atoms with E-state index in [1.807, 2.05) is 6.07 Å². The van der Waals surface area contributed by atoms with Gasteiger partial charge >= 0.3 is 0 Å². The fraction of sp³-hybridized carbons (Fsp3) is 0.500. The standard InChI is InChI=1S/C12H18ClN2/c1-3-15(4-2)9-5-6-12-10-11(13)7-8-14-12/h7-10H,3-6H2,1-2H3. The molecule has 0 aliphatic heterocycles. The summed E-state index contributed by atoms with van der Waals surface area (Å²) in [5.41, 5.74) is 1.06. The molecule has 15 heavy (non-hydrogen) atoms. The lowest BCUT2D eigenvalue weighted by Gasteiger charge is -2.16. The molecule has 0 unspecified atom stereocenters. The van der Waals surface area contributed by atoms with Gasteiger partial charge in [-0.3, -0.25) is 9.88 Å². The first-order valence-electron chi connectivity index (χ1n) is 5.44. The zero-order valence-corrected chi connectivity index (χ0v) is 10.2. The van der Waals surface area contributed by atoms with E-state index in [1.54, 1.807) is 12.3 Å². The van der Waals surface area contributed by atoms with Crippen LogP contribution in [-0.4, -0.2) is 23.0 Å². The Morgan fingerprint density at radius 2 is 2.13 bits per heavy atom. The molecule has 1 heterocycles. The van der Waals surface area contributed by atoms with Gasteiger partial charge in [0.25, 0.3) is 0 Å².